The minimum absolute atomic E-state index is 0.0944. The van der Waals surface area contributed by atoms with Gasteiger partial charge in [-0.25, -0.2) is 4.68 Å². The van der Waals surface area contributed by atoms with Crippen molar-refractivity contribution in [2.24, 2.45) is 0 Å². The molecule has 0 atom stereocenters. The molecule has 4 aromatic rings. The van der Waals surface area contributed by atoms with Gasteiger partial charge < -0.3 is 14.5 Å². The molecule has 4 rings (SSSR count). The highest BCUT2D eigenvalue weighted by molar-refractivity contribution is 9.10. The zero-order valence-electron chi connectivity index (χ0n) is 16.6. The second-order valence-electron chi connectivity index (χ2n) is 6.95. The van der Waals surface area contributed by atoms with Crippen molar-refractivity contribution < 1.29 is 13.9 Å². The van der Waals surface area contributed by atoms with Crippen molar-refractivity contribution in [3.05, 3.63) is 62.8 Å². The number of ether oxygens (including phenoxy) is 1. The minimum Gasteiger partial charge on any atom is -0.496 e. The predicted octanol–water partition coefficient (Wildman–Crippen LogP) is 3.42. The van der Waals surface area contributed by atoms with Gasteiger partial charge in [-0.1, -0.05) is 15.9 Å². The fraction of sp³-hybridized carbons (Fsp3) is 0.286. The average molecular weight is 473 g/mol. The zero-order valence-corrected chi connectivity index (χ0v) is 18.2. The Balaban J connectivity index is 1.39. The molecule has 0 aliphatic carbocycles. The zero-order chi connectivity index (χ0) is 21.3. The number of furan rings is 1. The summed E-state index contributed by atoms with van der Waals surface area (Å²) in [6.45, 7) is 2.57. The molecule has 1 N–H and O–H groups in total. The third-order valence-corrected chi connectivity index (χ3v) is 5.45. The first kappa shape index (κ1) is 20.2. The standard InChI is InChI=1S/C21H21BrN4O4/c1-13-24-25(21(28)17-11-19-16(26(13)17)7-9-30-19)8-3-4-20(27)23-12-14-10-15(22)5-6-18(14)29-2/h5-7,9-11H,3-4,8,12H2,1-2H3,(H,23,27). The smallest absolute Gasteiger partial charge is 0.291 e. The highest BCUT2D eigenvalue weighted by Crippen LogP contribution is 2.23. The van der Waals surface area contributed by atoms with Crippen LogP contribution in [-0.2, 0) is 17.9 Å². The van der Waals surface area contributed by atoms with Crippen LogP contribution in [0.2, 0.25) is 0 Å². The number of nitrogens with zero attached hydrogens (tertiary/aromatic N) is 3. The third-order valence-electron chi connectivity index (χ3n) is 4.96. The quantitative estimate of drug-likeness (QED) is 0.444. The Morgan fingerprint density at radius 3 is 2.90 bits per heavy atom. The molecule has 9 heteroatoms. The molecule has 3 heterocycles. The van der Waals surface area contributed by atoms with Crippen LogP contribution in [0.4, 0.5) is 0 Å². The van der Waals surface area contributed by atoms with Crippen molar-refractivity contribution in [2.75, 3.05) is 7.11 Å². The van der Waals surface area contributed by atoms with Crippen LogP contribution in [0.15, 0.2) is 50.3 Å². The van der Waals surface area contributed by atoms with Crippen LogP contribution >= 0.6 is 15.9 Å². The molecule has 0 radical (unpaired) electrons. The Labute approximate surface area is 180 Å². The molecule has 8 nitrogen and oxygen atoms in total. The molecule has 0 fully saturated rings. The van der Waals surface area contributed by atoms with E-state index in [9.17, 15) is 9.59 Å². The summed E-state index contributed by atoms with van der Waals surface area (Å²) in [5.74, 6) is 1.31. The molecule has 1 aromatic carbocycles. The lowest BCUT2D eigenvalue weighted by molar-refractivity contribution is -0.121. The second-order valence-corrected chi connectivity index (χ2v) is 7.86. The number of amides is 1. The summed E-state index contributed by atoms with van der Waals surface area (Å²) in [6.07, 6.45) is 2.38. The Hall–Kier alpha value is -3.07. The first-order chi connectivity index (χ1) is 14.5. The van der Waals surface area contributed by atoms with Gasteiger partial charge in [0.1, 0.15) is 17.1 Å². The average Bonchev–Trinajstić information content (AvgIpc) is 3.31. The van der Waals surface area contributed by atoms with Crippen LogP contribution < -0.4 is 15.6 Å². The lowest BCUT2D eigenvalue weighted by atomic mass is 10.2. The number of halogens is 1. The van der Waals surface area contributed by atoms with Gasteiger partial charge in [-0.3, -0.25) is 14.0 Å². The van der Waals surface area contributed by atoms with Crippen molar-refractivity contribution >= 4 is 38.5 Å². The first-order valence-electron chi connectivity index (χ1n) is 9.53. The third kappa shape index (κ3) is 3.85. The van der Waals surface area contributed by atoms with Gasteiger partial charge in [0, 0.05) is 41.7 Å². The van der Waals surface area contributed by atoms with Gasteiger partial charge in [0.15, 0.2) is 5.58 Å². The number of nitrogens with one attached hydrogen (secondary N) is 1. The van der Waals surface area contributed by atoms with Crippen molar-refractivity contribution in [3.8, 4) is 5.75 Å². The summed E-state index contributed by atoms with van der Waals surface area (Å²) < 4.78 is 14.8. The molecule has 30 heavy (non-hydrogen) atoms. The van der Waals surface area contributed by atoms with Crippen LogP contribution in [0.1, 0.15) is 24.2 Å². The van der Waals surface area contributed by atoms with E-state index in [1.165, 1.54) is 4.68 Å². The number of hydrogen-bond donors (Lipinski definition) is 1. The molecular formula is C21H21BrN4O4. The van der Waals surface area contributed by atoms with Crippen LogP contribution in [0.5, 0.6) is 5.75 Å². The molecule has 0 saturated heterocycles. The van der Waals surface area contributed by atoms with Gasteiger partial charge in [0.05, 0.1) is 18.9 Å². The van der Waals surface area contributed by atoms with Gasteiger partial charge in [-0.15, -0.1) is 0 Å². The molecule has 0 saturated carbocycles. The van der Waals surface area contributed by atoms with Crippen molar-refractivity contribution in [1.29, 1.82) is 0 Å². The summed E-state index contributed by atoms with van der Waals surface area (Å²) in [5.41, 5.74) is 2.67. The van der Waals surface area contributed by atoms with Gasteiger partial charge in [-0.05, 0) is 31.5 Å². The normalized spacial score (nSPS) is 11.3. The maximum atomic E-state index is 12.8. The van der Waals surface area contributed by atoms with Crippen LogP contribution in [0.3, 0.4) is 0 Å². The van der Waals surface area contributed by atoms with E-state index in [2.05, 4.69) is 26.3 Å². The molecule has 156 valence electrons. The largest absolute Gasteiger partial charge is 0.496 e. The minimum atomic E-state index is -0.203. The van der Waals surface area contributed by atoms with E-state index in [1.807, 2.05) is 31.2 Å². The number of methoxy groups -OCH3 is 1. The Morgan fingerprint density at radius 2 is 2.10 bits per heavy atom. The first-order valence-corrected chi connectivity index (χ1v) is 10.3. The summed E-state index contributed by atoms with van der Waals surface area (Å²) in [4.78, 5) is 25.0. The van der Waals surface area contributed by atoms with E-state index >= 15 is 0 Å². The highest BCUT2D eigenvalue weighted by Gasteiger charge is 2.14. The van der Waals surface area contributed by atoms with E-state index < -0.39 is 0 Å². The van der Waals surface area contributed by atoms with E-state index in [0.29, 0.717) is 36.4 Å². The number of aryl methyl sites for hydroxylation is 2. The maximum absolute atomic E-state index is 12.8. The molecule has 1 amide bonds. The lowest BCUT2D eigenvalue weighted by Gasteiger charge is -2.11. The number of carbonyl (C=O) groups is 1. The number of carbonyl (C=O) groups excluding carboxylic acids is 1. The topological polar surface area (TPSA) is 90.8 Å². The molecule has 0 unspecified atom stereocenters. The maximum Gasteiger partial charge on any atom is 0.291 e. The summed E-state index contributed by atoms with van der Waals surface area (Å²) in [7, 11) is 1.60. The van der Waals surface area contributed by atoms with Crippen molar-refractivity contribution in [3.63, 3.8) is 0 Å². The number of aromatic nitrogens is 3. The monoisotopic (exact) mass is 472 g/mol. The fourth-order valence-corrected chi connectivity index (χ4v) is 3.95. The van der Waals surface area contributed by atoms with Gasteiger partial charge in [0.25, 0.3) is 5.56 Å². The molecule has 0 spiro atoms. The van der Waals surface area contributed by atoms with E-state index in [-0.39, 0.29) is 17.9 Å². The van der Waals surface area contributed by atoms with E-state index in [1.54, 1.807) is 23.8 Å². The molecule has 3 aromatic heterocycles. The number of hydrogen-bond acceptors (Lipinski definition) is 5. The molecule has 0 aliphatic rings. The molecule has 0 aliphatic heterocycles. The van der Waals surface area contributed by atoms with Crippen molar-refractivity contribution in [2.45, 2.75) is 32.9 Å². The van der Waals surface area contributed by atoms with Crippen molar-refractivity contribution in [1.82, 2.24) is 19.5 Å². The Bertz CT molecular complexity index is 1290. The Morgan fingerprint density at radius 1 is 1.27 bits per heavy atom. The summed E-state index contributed by atoms with van der Waals surface area (Å²) in [5, 5.41) is 7.29. The number of fused-ring (bicyclic) bond motifs is 3. The molecule has 0 bridgehead atoms. The SMILES string of the molecule is COc1ccc(Br)cc1CNC(=O)CCCn1nc(C)n2c(cc3occc32)c1=O. The number of rotatable bonds is 7. The lowest BCUT2D eigenvalue weighted by Crippen LogP contribution is -2.28. The van der Waals surface area contributed by atoms with Gasteiger partial charge >= 0.3 is 0 Å². The van der Waals surface area contributed by atoms with E-state index in [0.717, 1.165) is 21.3 Å². The predicted molar refractivity (Wildman–Crippen MR) is 116 cm³/mol. The van der Waals surface area contributed by atoms with E-state index in [4.69, 9.17) is 9.15 Å². The Kier molecular flexibility index (Phi) is 5.63. The van der Waals surface area contributed by atoms with Gasteiger partial charge in [0.2, 0.25) is 5.91 Å². The van der Waals surface area contributed by atoms with Crippen LogP contribution in [-0.4, -0.2) is 27.2 Å². The van der Waals surface area contributed by atoms with Crippen LogP contribution in [0, 0.1) is 6.92 Å². The fourth-order valence-electron chi connectivity index (χ4n) is 3.54. The van der Waals surface area contributed by atoms with Crippen LogP contribution in [0.25, 0.3) is 16.6 Å². The van der Waals surface area contributed by atoms with Gasteiger partial charge in [-0.2, -0.15) is 5.10 Å². The highest BCUT2D eigenvalue weighted by atomic mass is 79.9. The summed E-state index contributed by atoms with van der Waals surface area (Å²) in [6, 6.07) is 9.18. The molecular weight excluding hydrogens is 452 g/mol. The number of benzene rings is 1. The summed E-state index contributed by atoms with van der Waals surface area (Å²) >= 11 is 3.42. The second kappa shape index (κ2) is 8.35.